The van der Waals surface area contributed by atoms with Gasteiger partial charge in [-0.15, -0.1) is 0 Å². The molecule has 2 heteroatoms. The lowest BCUT2D eigenvalue weighted by molar-refractivity contribution is 1.19. The number of nitrogens with zero attached hydrogens (tertiary/aromatic N) is 2. The number of hydrogen-bond acceptors (Lipinski definition) is 1. The van der Waals surface area contributed by atoms with E-state index in [1.54, 1.807) is 0 Å². The maximum Gasteiger partial charge on any atom is 0.0619 e. The van der Waals surface area contributed by atoms with Gasteiger partial charge in [0.05, 0.1) is 11.0 Å². The maximum atomic E-state index is 2.45. The molecular formula is C70H46N2. The average molecular weight is 915 g/mol. The monoisotopic (exact) mass is 914 g/mol. The number of fused-ring (bicyclic) bond motifs is 9. The van der Waals surface area contributed by atoms with Gasteiger partial charge in [-0.25, -0.2) is 0 Å². The van der Waals surface area contributed by atoms with Crippen LogP contribution in [0, 0.1) is 0 Å². The molecule has 1 aromatic heterocycles. The van der Waals surface area contributed by atoms with Crippen LogP contribution in [0.2, 0.25) is 0 Å². The third kappa shape index (κ3) is 6.95. The normalized spacial score (nSPS) is 11.6. The summed E-state index contributed by atoms with van der Waals surface area (Å²) in [6, 6.07) is 102. The summed E-state index contributed by atoms with van der Waals surface area (Å²) < 4.78 is 2.45. The Kier molecular flexibility index (Phi) is 9.89. The molecule has 0 spiro atoms. The minimum atomic E-state index is 1.08. The number of para-hydroxylation sites is 1. The largest absolute Gasteiger partial charge is 0.311 e. The highest BCUT2D eigenvalue weighted by Gasteiger charge is 2.20. The van der Waals surface area contributed by atoms with Crippen LogP contribution in [0.5, 0.6) is 0 Å². The topological polar surface area (TPSA) is 8.17 Å². The lowest BCUT2D eigenvalue weighted by Crippen LogP contribution is -2.09. The first-order chi connectivity index (χ1) is 35.7. The lowest BCUT2D eigenvalue weighted by atomic mass is 9.85. The van der Waals surface area contributed by atoms with E-state index in [1.165, 1.54) is 104 Å². The van der Waals surface area contributed by atoms with E-state index in [2.05, 4.69) is 289 Å². The molecule has 0 unspecified atom stereocenters. The van der Waals surface area contributed by atoms with Crippen molar-refractivity contribution < 1.29 is 0 Å². The zero-order valence-corrected chi connectivity index (χ0v) is 39.5. The summed E-state index contributed by atoms with van der Waals surface area (Å²) in [5.74, 6) is 0. The molecule has 72 heavy (non-hydrogen) atoms. The minimum Gasteiger partial charge on any atom is -0.311 e. The van der Waals surface area contributed by atoms with E-state index in [4.69, 9.17) is 0 Å². The number of rotatable bonds is 8. The Morgan fingerprint density at radius 3 is 1.26 bits per heavy atom. The summed E-state index contributed by atoms with van der Waals surface area (Å²) >= 11 is 0. The number of hydrogen-bond donors (Lipinski definition) is 0. The number of aromatic nitrogens is 1. The van der Waals surface area contributed by atoms with Crippen LogP contribution in [-0.4, -0.2) is 4.57 Å². The summed E-state index contributed by atoms with van der Waals surface area (Å²) in [7, 11) is 0. The molecule has 0 bridgehead atoms. The zero-order chi connectivity index (χ0) is 47.5. The van der Waals surface area contributed by atoms with Crippen LogP contribution in [0.3, 0.4) is 0 Å². The molecule has 0 saturated carbocycles. The smallest absolute Gasteiger partial charge is 0.0619 e. The maximum absolute atomic E-state index is 2.45. The van der Waals surface area contributed by atoms with Gasteiger partial charge in [0.2, 0.25) is 0 Å². The van der Waals surface area contributed by atoms with Crippen LogP contribution >= 0.6 is 0 Å². The molecule has 0 radical (unpaired) electrons. The van der Waals surface area contributed by atoms with Crippen LogP contribution in [0.15, 0.2) is 279 Å². The molecule has 336 valence electrons. The van der Waals surface area contributed by atoms with E-state index in [-0.39, 0.29) is 0 Å². The van der Waals surface area contributed by atoms with Crippen molar-refractivity contribution >= 4 is 82.0 Å². The van der Waals surface area contributed by atoms with Gasteiger partial charge >= 0.3 is 0 Å². The van der Waals surface area contributed by atoms with E-state index in [1.807, 2.05) is 0 Å². The van der Waals surface area contributed by atoms with Crippen molar-refractivity contribution in [1.82, 2.24) is 4.57 Å². The summed E-state index contributed by atoms with van der Waals surface area (Å²) in [4.78, 5) is 2.38. The van der Waals surface area contributed by atoms with Crippen LogP contribution < -0.4 is 4.90 Å². The molecule has 0 aliphatic heterocycles. The standard InChI is InChI=1S/C70H46N2/c1-3-17-51(18-4-1)68-64-25-13-11-23-61(64)62-24-12-14-26-65(62)69(68)52-33-41-59(42-34-52)71(57-37-29-48(30-38-57)54-28-27-47-15-7-8-19-53(47)45-54)58-39-31-49(32-40-58)55-36-43-63-66-44-35-50-16-9-10-22-60(50)70(66)72(67(63)46-55)56-20-5-2-6-21-56/h1-46H. The number of benzene rings is 13. The van der Waals surface area contributed by atoms with Crippen molar-refractivity contribution in [3.63, 3.8) is 0 Å². The molecular weight excluding hydrogens is 869 g/mol. The molecule has 0 amide bonds. The highest BCUT2D eigenvalue weighted by Crippen LogP contribution is 2.46. The number of anilines is 3. The van der Waals surface area contributed by atoms with Crippen molar-refractivity contribution in [2.45, 2.75) is 0 Å². The van der Waals surface area contributed by atoms with Gasteiger partial charge < -0.3 is 9.47 Å². The predicted molar refractivity (Wildman–Crippen MR) is 307 cm³/mol. The molecule has 1 heterocycles. The van der Waals surface area contributed by atoms with Crippen molar-refractivity contribution in [3.05, 3.63) is 279 Å². The Morgan fingerprint density at radius 2 is 0.653 bits per heavy atom. The highest BCUT2D eigenvalue weighted by molar-refractivity contribution is 6.22. The Labute approximate surface area is 418 Å². The van der Waals surface area contributed by atoms with Gasteiger partial charge in [-0.2, -0.15) is 0 Å². The van der Waals surface area contributed by atoms with Crippen LogP contribution in [0.25, 0.3) is 115 Å². The van der Waals surface area contributed by atoms with Gasteiger partial charge in [0, 0.05) is 38.9 Å². The van der Waals surface area contributed by atoms with Crippen molar-refractivity contribution in [2.75, 3.05) is 4.90 Å². The van der Waals surface area contributed by atoms with Crippen LogP contribution in [-0.2, 0) is 0 Å². The molecule has 13 aromatic carbocycles. The first kappa shape index (κ1) is 41.5. The lowest BCUT2D eigenvalue weighted by Gasteiger charge is -2.26. The second-order valence-corrected chi connectivity index (χ2v) is 18.8. The highest BCUT2D eigenvalue weighted by atomic mass is 15.1. The SMILES string of the molecule is c1ccc(-c2c(-c3ccc(N(c4ccc(-c5ccc6ccccc6c5)cc4)c4ccc(-c5ccc6c7ccc8ccccc8c7n(-c7ccccc7)c6c5)cc4)cc3)c3ccccc3c3ccccc23)cc1. The van der Waals surface area contributed by atoms with Crippen LogP contribution in [0.4, 0.5) is 17.1 Å². The van der Waals surface area contributed by atoms with Gasteiger partial charge in [0.15, 0.2) is 0 Å². The summed E-state index contributed by atoms with van der Waals surface area (Å²) in [6.45, 7) is 0. The molecule has 2 nitrogen and oxygen atoms in total. The van der Waals surface area contributed by atoms with Gasteiger partial charge in [-0.1, -0.05) is 218 Å². The molecule has 0 aliphatic carbocycles. The Balaban J connectivity index is 0.897. The Bertz CT molecular complexity index is 4340. The summed E-state index contributed by atoms with van der Waals surface area (Å²) in [6.07, 6.45) is 0. The minimum absolute atomic E-state index is 1.08. The van der Waals surface area contributed by atoms with Gasteiger partial charge in [-0.05, 0) is 143 Å². The van der Waals surface area contributed by atoms with Gasteiger partial charge in [0.1, 0.15) is 0 Å². The molecule has 14 aromatic rings. The molecule has 0 fully saturated rings. The fraction of sp³-hybridized carbons (Fsp3) is 0. The summed E-state index contributed by atoms with van der Waals surface area (Å²) in [5, 5.41) is 12.5. The van der Waals surface area contributed by atoms with E-state index in [0.29, 0.717) is 0 Å². The van der Waals surface area contributed by atoms with E-state index in [0.717, 1.165) is 28.3 Å². The van der Waals surface area contributed by atoms with Gasteiger partial charge in [-0.3, -0.25) is 0 Å². The molecule has 0 saturated heterocycles. The van der Waals surface area contributed by atoms with Crippen molar-refractivity contribution in [3.8, 4) is 50.2 Å². The van der Waals surface area contributed by atoms with Crippen molar-refractivity contribution in [1.29, 1.82) is 0 Å². The molecule has 14 rings (SSSR count). The van der Waals surface area contributed by atoms with Gasteiger partial charge in [0.25, 0.3) is 0 Å². The van der Waals surface area contributed by atoms with Crippen LogP contribution in [0.1, 0.15) is 0 Å². The first-order valence-electron chi connectivity index (χ1n) is 24.8. The zero-order valence-electron chi connectivity index (χ0n) is 39.5. The van der Waals surface area contributed by atoms with Crippen molar-refractivity contribution in [2.24, 2.45) is 0 Å². The van der Waals surface area contributed by atoms with E-state index >= 15 is 0 Å². The molecule has 0 atom stereocenters. The third-order valence-electron chi connectivity index (χ3n) is 14.7. The fourth-order valence-corrected chi connectivity index (χ4v) is 11.3. The van der Waals surface area contributed by atoms with E-state index in [9.17, 15) is 0 Å². The summed E-state index contributed by atoms with van der Waals surface area (Å²) in [5.41, 5.74) is 16.4. The Morgan fingerprint density at radius 1 is 0.236 bits per heavy atom. The predicted octanol–water partition coefficient (Wildman–Crippen LogP) is 19.5. The molecule has 0 N–H and O–H groups in total. The average Bonchev–Trinajstić information content (AvgIpc) is 3.80. The molecule has 0 aliphatic rings. The third-order valence-corrected chi connectivity index (χ3v) is 14.7. The first-order valence-corrected chi connectivity index (χ1v) is 24.8. The fourth-order valence-electron chi connectivity index (χ4n) is 11.3. The Hall–Kier alpha value is -9.50. The quantitative estimate of drug-likeness (QED) is 0.138. The van der Waals surface area contributed by atoms with E-state index < -0.39 is 0 Å². The second kappa shape index (κ2) is 17.2. The second-order valence-electron chi connectivity index (χ2n) is 18.8.